The van der Waals surface area contributed by atoms with Gasteiger partial charge in [-0.05, 0) is 35.7 Å². The lowest BCUT2D eigenvalue weighted by atomic mass is 9.95. The minimum absolute atomic E-state index is 0.0230. The summed E-state index contributed by atoms with van der Waals surface area (Å²) in [5.74, 6) is 1.12. The molecule has 1 atom stereocenters. The second kappa shape index (κ2) is 9.50. The predicted octanol–water partition coefficient (Wildman–Crippen LogP) is 4.52. The fourth-order valence-corrected chi connectivity index (χ4v) is 4.22. The zero-order chi connectivity index (χ0) is 23.6. The number of nitrogens with zero attached hydrogens (tertiary/aromatic N) is 3. The minimum Gasteiger partial charge on any atom is -0.490 e. The van der Waals surface area contributed by atoms with Crippen molar-refractivity contribution in [2.75, 3.05) is 19.0 Å². The summed E-state index contributed by atoms with van der Waals surface area (Å²) in [6, 6.07) is 7.54. The summed E-state index contributed by atoms with van der Waals surface area (Å²) in [5, 5.41) is 11.0. The number of ether oxygens (including phenoxy) is 2. The van der Waals surface area contributed by atoms with E-state index >= 15 is 0 Å². The molecule has 0 spiro atoms. The van der Waals surface area contributed by atoms with Gasteiger partial charge in [-0.15, -0.1) is 10.2 Å². The molecule has 0 saturated carbocycles. The number of rotatable bonds is 6. The quantitative estimate of drug-likeness (QED) is 0.523. The average Bonchev–Trinajstić information content (AvgIpc) is 3.02. The summed E-state index contributed by atoms with van der Waals surface area (Å²) in [6.07, 6.45) is -2.75. The van der Waals surface area contributed by atoms with Crippen molar-refractivity contribution in [1.29, 1.82) is 0 Å². The molecular formula is C22H23F3N4O3S. The molecule has 1 aliphatic rings. The predicted molar refractivity (Wildman–Crippen MR) is 116 cm³/mol. The standard InChI is InChI=1S/C22H23F3N4O3S/c1-13(2)20(14-4-6-16-17(10-14)32-9-3-8-31-16)26-19(30)12-33-21-28-27-18-7-5-15(11-29(18)21)22(23,24)25/h4-7,10-11,13,20H,3,8-9,12H2,1-2H3,(H,26,30). The number of fused-ring (bicyclic) bond motifs is 2. The van der Waals surface area contributed by atoms with Gasteiger partial charge >= 0.3 is 6.18 Å². The Morgan fingerprint density at radius 3 is 2.64 bits per heavy atom. The maximum absolute atomic E-state index is 13.0. The van der Waals surface area contributed by atoms with E-state index < -0.39 is 11.7 Å². The van der Waals surface area contributed by atoms with Crippen LogP contribution in [0.15, 0.2) is 41.7 Å². The van der Waals surface area contributed by atoms with Crippen molar-refractivity contribution in [1.82, 2.24) is 19.9 Å². The molecule has 1 aliphatic heterocycles. The van der Waals surface area contributed by atoms with E-state index in [0.717, 1.165) is 36.0 Å². The van der Waals surface area contributed by atoms with Gasteiger partial charge in [0.05, 0.1) is 30.6 Å². The normalized spacial score (nSPS) is 14.8. The van der Waals surface area contributed by atoms with Gasteiger partial charge in [-0.1, -0.05) is 31.7 Å². The highest BCUT2D eigenvalue weighted by atomic mass is 32.2. The first-order chi connectivity index (χ1) is 15.7. The lowest BCUT2D eigenvalue weighted by molar-refractivity contribution is -0.137. The Morgan fingerprint density at radius 1 is 1.15 bits per heavy atom. The van der Waals surface area contributed by atoms with E-state index in [4.69, 9.17) is 9.47 Å². The maximum atomic E-state index is 13.0. The van der Waals surface area contributed by atoms with E-state index in [9.17, 15) is 18.0 Å². The first kappa shape index (κ1) is 23.2. The Kier molecular flexibility index (Phi) is 6.68. The van der Waals surface area contributed by atoms with Crippen LogP contribution in [-0.4, -0.2) is 39.5 Å². The summed E-state index contributed by atoms with van der Waals surface area (Å²) < 4.78 is 51.8. The molecule has 2 aromatic heterocycles. The van der Waals surface area contributed by atoms with Crippen LogP contribution < -0.4 is 14.8 Å². The Labute approximate surface area is 192 Å². The molecule has 0 saturated heterocycles. The topological polar surface area (TPSA) is 77.8 Å². The van der Waals surface area contributed by atoms with E-state index in [1.54, 1.807) is 0 Å². The lowest BCUT2D eigenvalue weighted by Crippen LogP contribution is -2.33. The van der Waals surface area contributed by atoms with Crippen molar-refractivity contribution in [2.24, 2.45) is 5.92 Å². The Balaban J connectivity index is 1.46. The SMILES string of the molecule is CC(C)C(NC(=O)CSc1nnc2ccc(C(F)(F)F)cn12)c1ccc2c(c1)OCCCO2. The van der Waals surface area contributed by atoms with Crippen LogP contribution in [0.2, 0.25) is 0 Å². The molecule has 0 bridgehead atoms. The fraction of sp³-hybridized carbons (Fsp3) is 0.409. The van der Waals surface area contributed by atoms with Crippen molar-refractivity contribution in [3.63, 3.8) is 0 Å². The van der Waals surface area contributed by atoms with Crippen molar-refractivity contribution >= 4 is 23.3 Å². The fourth-order valence-electron chi connectivity index (χ4n) is 3.49. The molecule has 33 heavy (non-hydrogen) atoms. The number of pyridine rings is 1. The highest BCUT2D eigenvalue weighted by Crippen LogP contribution is 2.34. The van der Waals surface area contributed by atoms with Gasteiger partial charge in [-0.3, -0.25) is 9.20 Å². The van der Waals surface area contributed by atoms with Crippen LogP contribution in [0.3, 0.4) is 0 Å². The summed E-state index contributed by atoms with van der Waals surface area (Å²) in [4.78, 5) is 12.7. The number of alkyl halides is 3. The van der Waals surface area contributed by atoms with Crippen LogP contribution in [0.25, 0.3) is 5.65 Å². The largest absolute Gasteiger partial charge is 0.490 e. The van der Waals surface area contributed by atoms with E-state index in [0.29, 0.717) is 24.7 Å². The third-order valence-electron chi connectivity index (χ3n) is 5.14. The van der Waals surface area contributed by atoms with Gasteiger partial charge in [0.15, 0.2) is 22.3 Å². The molecule has 7 nitrogen and oxygen atoms in total. The first-order valence-electron chi connectivity index (χ1n) is 10.5. The van der Waals surface area contributed by atoms with Gasteiger partial charge in [0.25, 0.3) is 0 Å². The summed E-state index contributed by atoms with van der Waals surface area (Å²) in [6.45, 7) is 5.14. The van der Waals surface area contributed by atoms with Crippen molar-refractivity contribution < 1.29 is 27.4 Å². The van der Waals surface area contributed by atoms with Crippen molar-refractivity contribution in [3.8, 4) is 11.5 Å². The number of amides is 1. The second-order valence-corrected chi connectivity index (χ2v) is 8.90. The molecule has 0 aliphatic carbocycles. The van der Waals surface area contributed by atoms with Gasteiger partial charge in [0.1, 0.15) is 0 Å². The van der Waals surface area contributed by atoms with Crippen LogP contribution in [0.4, 0.5) is 13.2 Å². The zero-order valence-corrected chi connectivity index (χ0v) is 18.9. The van der Waals surface area contributed by atoms with Gasteiger partial charge < -0.3 is 14.8 Å². The Hall–Kier alpha value is -2.95. The van der Waals surface area contributed by atoms with Crippen LogP contribution in [0.5, 0.6) is 11.5 Å². The summed E-state index contributed by atoms with van der Waals surface area (Å²) in [5.41, 5.74) is 0.351. The van der Waals surface area contributed by atoms with E-state index in [2.05, 4.69) is 15.5 Å². The molecule has 0 radical (unpaired) electrons. The van der Waals surface area contributed by atoms with E-state index in [1.165, 1.54) is 10.5 Å². The first-order valence-corrected chi connectivity index (χ1v) is 11.4. The van der Waals surface area contributed by atoms with Gasteiger partial charge in [0.2, 0.25) is 5.91 Å². The molecule has 0 fully saturated rings. The zero-order valence-electron chi connectivity index (χ0n) is 18.1. The molecule has 1 amide bonds. The lowest BCUT2D eigenvalue weighted by Gasteiger charge is -2.23. The number of nitrogens with one attached hydrogen (secondary N) is 1. The molecule has 3 aromatic rings. The maximum Gasteiger partial charge on any atom is 0.417 e. The number of thioether (sulfide) groups is 1. The Bertz CT molecular complexity index is 1150. The van der Waals surface area contributed by atoms with E-state index in [1.807, 2.05) is 32.0 Å². The minimum atomic E-state index is -4.48. The molecule has 3 heterocycles. The smallest absolute Gasteiger partial charge is 0.417 e. The molecule has 1 unspecified atom stereocenters. The Morgan fingerprint density at radius 2 is 1.91 bits per heavy atom. The highest BCUT2D eigenvalue weighted by molar-refractivity contribution is 7.99. The molecule has 11 heteroatoms. The number of halogens is 3. The van der Waals surface area contributed by atoms with Crippen LogP contribution in [-0.2, 0) is 11.0 Å². The summed E-state index contributed by atoms with van der Waals surface area (Å²) in [7, 11) is 0. The number of carbonyl (C=O) groups is 1. The summed E-state index contributed by atoms with van der Waals surface area (Å²) >= 11 is 1.02. The number of benzene rings is 1. The number of hydrogen-bond acceptors (Lipinski definition) is 6. The van der Waals surface area contributed by atoms with Crippen molar-refractivity contribution in [2.45, 2.75) is 37.6 Å². The van der Waals surface area contributed by atoms with Crippen LogP contribution in [0.1, 0.15) is 37.4 Å². The van der Waals surface area contributed by atoms with Gasteiger partial charge in [-0.25, -0.2) is 0 Å². The molecule has 1 aromatic carbocycles. The highest BCUT2D eigenvalue weighted by Gasteiger charge is 2.31. The monoisotopic (exact) mass is 480 g/mol. The van der Waals surface area contributed by atoms with Gasteiger partial charge in [0, 0.05) is 12.6 Å². The average molecular weight is 481 g/mol. The number of hydrogen-bond donors (Lipinski definition) is 1. The van der Waals surface area contributed by atoms with E-state index in [-0.39, 0.29) is 34.4 Å². The van der Waals surface area contributed by atoms with Crippen molar-refractivity contribution in [3.05, 3.63) is 47.7 Å². The third-order valence-corrected chi connectivity index (χ3v) is 6.09. The van der Waals surface area contributed by atoms with Crippen LogP contribution in [0, 0.1) is 5.92 Å². The second-order valence-electron chi connectivity index (χ2n) is 7.96. The number of carbonyl (C=O) groups excluding carboxylic acids is 1. The molecule has 1 N–H and O–H groups in total. The molecule has 4 rings (SSSR count). The van der Waals surface area contributed by atoms with Crippen LogP contribution >= 0.6 is 11.8 Å². The van der Waals surface area contributed by atoms with Gasteiger partial charge in [-0.2, -0.15) is 13.2 Å². The molecule has 176 valence electrons. The number of aromatic nitrogens is 3. The third kappa shape index (κ3) is 5.35. The molecular weight excluding hydrogens is 457 g/mol.